The summed E-state index contributed by atoms with van der Waals surface area (Å²) in [6.07, 6.45) is 7.80. The van der Waals surface area contributed by atoms with Crippen LogP contribution in [0.2, 0.25) is 0 Å². The second-order valence-corrected chi connectivity index (χ2v) is 11.6. The molecule has 3 nitrogen and oxygen atoms in total. The fourth-order valence-corrected chi connectivity index (χ4v) is 4.65. The van der Waals surface area contributed by atoms with Gasteiger partial charge in [0.15, 0.2) is 5.78 Å². The molecule has 0 aliphatic carbocycles. The average Bonchev–Trinajstić information content (AvgIpc) is 2.94. The Hall–Kier alpha value is -2.29. The molecule has 1 atom stereocenters. The number of benzene rings is 2. The van der Waals surface area contributed by atoms with Gasteiger partial charge in [-0.1, -0.05) is 87.4 Å². The van der Waals surface area contributed by atoms with Gasteiger partial charge in [0.2, 0.25) is 0 Å². The van der Waals surface area contributed by atoms with Crippen molar-refractivity contribution in [2.24, 2.45) is 10.8 Å². The third kappa shape index (κ3) is 8.60. The van der Waals surface area contributed by atoms with Gasteiger partial charge in [-0.25, -0.2) is 0 Å². The van der Waals surface area contributed by atoms with Gasteiger partial charge in [-0.2, -0.15) is 0 Å². The van der Waals surface area contributed by atoms with Crippen molar-refractivity contribution in [2.45, 2.75) is 107 Å². The van der Waals surface area contributed by atoms with E-state index in [1.807, 2.05) is 47.7 Å². The van der Waals surface area contributed by atoms with Crippen molar-refractivity contribution < 1.29 is 30.0 Å². The van der Waals surface area contributed by atoms with Crippen molar-refractivity contribution >= 4 is 16.6 Å². The molecule has 0 amide bonds. The Morgan fingerprint density at radius 3 is 2.08 bits per heavy atom. The second-order valence-electron chi connectivity index (χ2n) is 11.6. The number of aliphatic hydroxyl groups excluding tert-OH is 1. The summed E-state index contributed by atoms with van der Waals surface area (Å²) >= 11 is 0. The standard InChI is InChI=1S/C21H22N.C15H28O2.Ir/c1-5-16(4)18-7-6-17-8-9-22-21(20(17)13-18)19-11-14(2)10-15(3)12-19;1-7-14(5,8-2)12(16)11-13(17)15(6,9-3)10-4;/h6-11,13,16H,5H2,1-4H3;11,16H,7-10H2,1-6H3;/q-1;;/b;12-11-;. The van der Waals surface area contributed by atoms with Crippen LogP contribution in [0, 0.1) is 30.7 Å². The van der Waals surface area contributed by atoms with Gasteiger partial charge in [-0.15, -0.1) is 34.9 Å². The van der Waals surface area contributed by atoms with E-state index in [4.69, 9.17) is 0 Å². The Balaban J connectivity index is 0.000000406. The van der Waals surface area contributed by atoms with Crippen LogP contribution in [-0.4, -0.2) is 15.9 Å². The molecule has 3 rings (SSSR count). The summed E-state index contributed by atoms with van der Waals surface area (Å²) in [7, 11) is 0. The summed E-state index contributed by atoms with van der Waals surface area (Å²) < 4.78 is 0. The number of ketones is 1. The molecule has 1 aromatic heterocycles. The van der Waals surface area contributed by atoms with Crippen LogP contribution in [0.5, 0.6) is 0 Å². The molecule has 221 valence electrons. The number of hydrogen-bond donors (Lipinski definition) is 1. The molecular weight excluding hydrogens is 671 g/mol. The van der Waals surface area contributed by atoms with Crippen LogP contribution in [0.1, 0.15) is 110 Å². The third-order valence-corrected chi connectivity index (χ3v) is 8.98. The molecule has 0 aliphatic heterocycles. The number of pyridine rings is 1. The van der Waals surface area contributed by atoms with Crippen molar-refractivity contribution in [2.75, 3.05) is 0 Å². The number of hydrogen-bond acceptors (Lipinski definition) is 3. The summed E-state index contributed by atoms with van der Waals surface area (Å²) in [5.74, 6) is 0.856. The fourth-order valence-electron chi connectivity index (χ4n) is 4.65. The van der Waals surface area contributed by atoms with Crippen LogP contribution >= 0.6 is 0 Å². The smallest absolute Gasteiger partial charge is 0.164 e. The first-order chi connectivity index (χ1) is 18.4. The molecular formula is C36H50IrNO2-. The fraction of sp³-hybridized carbons (Fsp3) is 0.500. The molecule has 3 aromatic rings. The minimum absolute atomic E-state index is 0. The number of allylic oxidation sites excluding steroid dienone is 2. The van der Waals surface area contributed by atoms with Crippen LogP contribution in [-0.2, 0) is 24.9 Å². The van der Waals surface area contributed by atoms with E-state index in [1.165, 1.54) is 28.0 Å². The number of carbonyl (C=O) groups is 1. The van der Waals surface area contributed by atoms with E-state index in [0.717, 1.165) is 48.9 Å². The summed E-state index contributed by atoms with van der Waals surface area (Å²) in [6.45, 7) is 20.8. The van der Waals surface area contributed by atoms with Gasteiger partial charge in [-0.05, 0) is 66.1 Å². The summed E-state index contributed by atoms with van der Waals surface area (Å²) in [6, 6.07) is 16.6. The van der Waals surface area contributed by atoms with E-state index in [0.29, 0.717) is 5.92 Å². The van der Waals surface area contributed by atoms with E-state index >= 15 is 0 Å². The molecule has 0 fully saturated rings. The van der Waals surface area contributed by atoms with E-state index < -0.39 is 0 Å². The number of carbonyl (C=O) groups excluding carboxylic acids is 1. The minimum atomic E-state index is -0.337. The maximum absolute atomic E-state index is 12.2. The molecule has 1 N–H and O–H groups in total. The van der Waals surface area contributed by atoms with Gasteiger partial charge in [-0.3, -0.25) is 4.79 Å². The zero-order chi connectivity index (χ0) is 29.4. The number of aryl methyl sites for hydroxylation is 2. The van der Waals surface area contributed by atoms with E-state index in [9.17, 15) is 9.90 Å². The second kappa shape index (κ2) is 15.6. The Kier molecular flexibility index (Phi) is 14.0. The third-order valence-electron chi connectivity index (χ3n) is 8.98. The zero-order valence-corrected chi connectivity index (χ0v) is 28.8. The van der Waals surface area contributed by atoms with Crippen LogP contribution in [0.25, 0.3) is 22.0 Å². The molecule has 0 spiro atoms. The maximum atomic E-state index is 12.2. The van der Waals surface area contributed by atoms with Gasteiger partial charge in [0.25, 0.3) is 0 Å². The zero-order valence-electron chi connectivity index (χ0n) is 26.4. The molecule has 40 heavy (non-hydrogen) atoms. The van der Waals surface area contributed by atoms with Crippen molar-refractivity contribution in [1.29, 1.82) is 0 Å². The Bertz CT molecular complexity index is 1260. The summed E-state index contributed by atoms with van der Waals surface area (Å²) in [5.41, 5.74) is 5.32. The van der Waals surface area contributed by atoms with Gasteiger partial charge < -0.3 is 10.1 Å². The molecule has 0 bridgehead atoms. The number of nitrogens with zero attached hydrogens (tertiary/aromatic N) is 1. The molecule has 1 heterocycles. The van der Waals surface area contributed by atoms with Crippen molar-refractivity contribution in [3.63, 3.8) is 0 Å². The number of rotatable bonds is 10. The van der Waals surface area contributed by atoms with Crippen LogP contribution in [0.4, 0.5) is 0 Å². The number of fused-ring (bicyclic) bond motifs is 1. The molecule has 1 unspecified atom stereocenters. The quantitative estimate of drug-likeness (QED) is 0.129. The van der Waals surface area contributed by atoms with E-state index in [-0.39, 0.29) is 42.5 Å². The topological polar surface area (TPSA) is 50.2 Å². The molecule has 1 radical (unpaired) electrons. The Morgan fingerprint density at radius 2 is 1.55 bits per heavy atom. The number of aromatic nitrogens is 1. The molecule has 0 saturated carbocycles. The number of aliphatic hydroxyl groups is 1. The molecule has 2 aromatic carbocycles. The average molecular weight is 721 g/mol. The normalized spacial score (nSPS) is 12.8. The van der Waals surface area contributed by atoms with Crippen molar-refractivity contribution in [3.05, 3.63) is 77.2 Å². The van der Waals surface area contributed by atoms with Gasteiger partial charge in [0, 0.05) is 43.2 Å². The Labute approximate surface area is 257 Å². The summed E-state index contributed by atoms with van der Waals surface area (Å²) in [4.78, 5) is 16.8. The van der Waals surface area contributed by atoms with Crippen LogP contribution in [0.15, 0.2) is 54.4 Å². The van der Waals surface area contributed by atoms with Gasteiger partial charge >= 0.3 is 0 Å². The van der Waals surface area contributed by atoms with Crippen LogP contribution < -0.4 is 0 Å². The summed E-state index contributed by atoms with van der Waals surface area (Å²) in [5, 5.41) is 12.6. The largest absolute Gasteiger partial charge is 0.512 e. The van der Waals surface area contributed by atoms with Crippen LogP contribution in [0.3, 0.4) is 0 Å². The Morgan fingerprint density at radius 1 is 0.950 bits per heavy atom. The maximum Gasteiger partial charge on any atom is 0.164 e. The van der Waals surface area contributed by atoms with Gasteiger partial charge in [0.05, 0.1) is 0 Å². The van der Waals surface area contributed by atoms with E-state index in [1.54, 1.807) is 0 Å². The first-order valence-corrected chi connectivity index (χ1v) is 14.7. The molecule has 4 heteroatoms. The van der Waals surface area contributed by atoms with Crippen molar-refractivity contribution in [1.82, 2.24) is 4.98 Å². The van der Waals surface area contributed by atoms with Gasteiger partial charge in [0.1, 0.15) is 5.76 Å². The minimum Gasteiger partial charge on any atom is -0.512 e. The van der Waals surface area contributed by atoms with E-state index in [2.05, 4.69) is 75.1 Å². The SMILES string of the molecule is CCC(C)(CC)C(=O)/C=C(\O)C(C)(CC)CC.CCC(C)c1ccc2ccnc(-c3[c-]c(C)cc(C)c3)c2c1.[Ir]. The first kappa shape index (κ1) is 35.7. The first-order valence-electron chi connectivity index (χ1n) is 14.7. The monoisotopic (exact) mass is 721 g/mol. The predicted octanol–water partition coefficient (Wildman–Crippen LogP) is 10.5. The molecule has 0 aliphatic rings. The van der Waals surface area contributed by atoms with Crippen molar-refractivity contribution in [3.8, 4) is 11.3 Å². The predicted molar refractivity (Wildman–Crippen MR) is 167 cm³/mol. The molecule has 0 saturated heterocycles.